The van der Waals surface area contributed by atoms with E-state index in [1.54, 1.807) is 36.0 Å². The molecular weight excluding hydrogens is 416 g/mol. The molecule has 2 heterocycles. The SMILES string of the molecule is CSCC[C@H](NC(=O)c1ccc(-c2ccccc2[N+](=O)[O-])o1)c1nc2ccccc2[nH]1. The average Bonchev–Trinajstić information content (AvgIpc) is 3.44. The van der Waals surface area contributed by atoms with E-state index in [1.807, 2.05) is 30.5 Å². The maximum atomic E-state index is 12.9. The predicted octanol–water partition coefficient (Wildman–Crippen LogP) is 4.96. The van der Waals surface area contributed by atoms with Crippen LogP contribution in [0.2, 0.25) is 0 Å². The summed E-state index contributed by atoms with van der Waals surface area (Å²) in [7, 11) is 0. The van der Waals surface area contributed by atoms with Crippen LogP contribution < -0.4 is 5.32 Å². The van der Waals surface area contributed by atoms with Crippen molar-refractivity contribution in [1.82, 2.24) is 15.3 Å². The summed E-state index contributed by atoms with van der Waals surface area (Å²) in [4.78, 5) is 31.6. The molecule has 2 aromatic carbocycles. The first-order valence-electron chi connectivity index (χ1n) is 9.65. The van der Waals surface area contributed by atoms with E-state index in [4.69, 9.17) is 4.42 Å². The van der Waals surface area contributed by atoms with Crippen molar-refractivity contribution in [2.45, 2.75) is 12.5 Å². The maximum Gasteiger partial charge on any atom is 0.287 e. The highest BCUT2D eigenvalue weighted by atomic mass is 32.2. The van der Waals surface area contributed by atoms with E-state index in [0.29, 0.717) is 17.8 Å². The lowest BCUT2D eigenvalue weighted by Crippen LogP contribution is -2.29. The first-order valence-corrected chi connectivity index (χ1v) is 11.0. The Morgan fingerprint density at radius 2 is 1.97 bits per heavy atom. The molecule has 2 aromatic heterocycles. The quantitative estimate of drug-likeness (QED) is 0.298. The van der Waals surface area contributed by atoms with Crippen molar-refractivity contribution in [3.05, 3.63) is 82.4 Å². The Hall–Kier alpha value is -3.59. The molecule has 0 unspecified atom stereocenters. The molecule has 8 nitrogen and oxygen atoms in total. The number of benzene rings is 2. The zero-order chi connectivity index (χ0) is 21.8. The molecule has 0 fully saturated rings. The van der Waals surface area contributed by atoms with Crippen molar-refractivity contribution < 1.29 is 14.1 Å². The van der Waals surface area contributed by atoms with E-state index in [0.717, 1.165) is 16.8 Å². The summed E-state index contributed by atoms with van der Waals surface area (Å²) in [5, 5.41) is 14.3. The molecule has 0 saturated carbocycles. The summed E-state index contributed by atoms with van der Waals surface area (Å²) < 4.78 is 5.67. The first-order chi connectivity index (χ1) is 15.1. The molecule has 0 aliphatic rings. The van der Waals surface area contributed by atoms with Gasteiger partial charge in [0.15, 0.2) is 5.76 Å². The number of carbonyl (C=O) groups is 1. The third kappa shape index (κ3) is 4.46. The number of amides is 1. The molecule has 1 atom stereocenters. The molecule has 0 bridgehead atoms. The van der Waals surface area contributed by atoms with Gasteiger partial charge in [-0.3, -0.25) is 14.9 Å². The number of nitrogens with zero attached hydrogens (tertiary/aromatic N) is 2. The van der Waals surface area contributed by atoms with Crippen LogP contribution in [-0.2, 0) is 0 Å². The maximum absolute atomic E-state index is 12.9. The van der Waals surface area contributed by atoms with Gasteiger partial charge < -0.3 is 14.7 Å². The molecule has 0 aliphatic heterocycles. The minimum absolute atomic E-state index is 0.0797. The van der Waals surface area contributed by atoms with Gasteiger partial charge in [-0.25, -0.2) is 4.98 Å². The van der Waals surface area contributed by atoms with Crippen LogP contribution in [0.4, 0.5) is 5.69 Å². The van der Waals surface area contributed by atoms with Gasteiger partial charge in [-0.05, 0) is 48.8 Å². The second kappa shape index (κ2) is 9.05. The number of hydrogen-bond donors (Lipinski definition) is 2. The fourth-order valence-corrected chi connectivity index (χ4v) is 3.80. The summed E-state index contributed by atoms with van der Waals surface area (Å²) in [5.41, 5.74) is 1.97. The van der Waals surface area contributed by atoms with E-state index in [2.05, 4.69) is 15.3 Å². The van der Waals surface area contributed by atoms with Crippen molar-refractivity contribution in [3.8, 4) is 11.3 Å². The zero-order valence-electron chi connectivity index (χ0n) is 16.7. The monoisotopic (exact) mass is 436 g/mol. The Bertz CT molecular complexity index is 1200. The van der Waals surface area contributed by atoms with Crippen LogP contribution in [0.15, 0.2) is 65.1 Å². The normalized spacial score (nSPS) is 12.0. The van der Waals surface area contributed by atoms with Gasteiger partial charge in [-0.1, -0.05) is 24.3 Å². The third-order valence-electron chi connectivity index (χ3n) is 4.85. The number of nitrogens with one attached hydrogen (secondary N) is 2. The average molecular weight is 436 g/mol. The van der Waals surface area contributed by atoms with Crippen molar-refractivity contribution in [1.29, 1.82) is 0 Å². The minimum atomic E-state index is -0.475. The molecule has 1 amide bonds. The van der Waals surface area contributed by atoms with Gasteiger partial charge in [-0.15, -0.1) is 0 Å². The van der Waals surface area contributed by atoms with E-state index in [9.17, 15) is 14.9 Å². The summed E-state index contributed by atoms with van der Waals surface area (Å²) >= 11 is 1.68. The lowest BCUT2D eigenvalue weighted by molar-refractivity contribution is -0.384. The molecule has 4 aromatic rings. The van der Waals surface area contributed by atoms with Crippen LogP contribution in [-0.4, -0.2) is 32.8 Å². The number of rotatable bonds is 8. The van der Waals surface area contributed by atoms with Crippen LogP contribution in [0.25, 0.3) is 22.4 Å². The Balaban J connectivity index is 1.58. The number of fused-ring (bicyclic) bond motifs is 1. The van der Waals surface area contributed by atoms with Crippen molar-refractivity contribution in [2.24, 2.45) is 0 Å². The summed E-state index contributed by atoms with van der Waals surface area (Å²) in [6, 6.07) is 16.7. The fourth-order valence-electron chi connectivity index (χ4n) is 3.33. The number of carbonyl (C=O) groups excluding carboxylic acids is 1. The van der Waals surface area contributed by atoms with Crippen LogP contribution in [0.5, 0.6) is 0 Å². The van der Waals surface area contributed by atoms with E-state index >= 15 is 0 Å². The van der Waals surface area contributed by atoms with Crippen LogP contribution >= 0.6 is 11.8 Å². The highest BCUT2D eigenvalue weighted by molar-refractivity contribution is 7.98. The number of thioether (sulfide) groups is 1. The number of aromatic amines is 1. The Kier molecular flexibility index (Phi) is 6.03. The molecule has 31 heavy (non-hydrogen) atoms. The fraction of sp³-hybridized carbons (Fsp3) is 0.182. The molecule has 2 N–H and O–H groups in total. The first kappa shape index (κ1) is 20.7. The highest BCUT2D eigenvalue weighted by Gasteiger charge is 2.23. The Labute approximate surface area is 182 Å². The van der Waals surface area contributed by atoms with Gasteiger partial charge in [0.2, 0.25) is 0 Å². The van der Waals surface area contributed by atoms with Crippen molar-refractivity contribution >= 4 is 34.4 Å². The Morgan fingerprint density at radius 1 is 1.19 bits per heavy atom. The van der Waals surface area contributed by atoms with Gasteiger partial charge in [0.05, 0.1) is 27.6 Å². The van der Waals surface area contributed by atoms with Gasteiger partial charge in [0.1, 0.15) is 11.6 Å². The standard InChI is InChI=1S/C22H20N4O4S/c1-31-13-12-17(21-23-15-7-3-4-8-16(15)24-21)25-22(27)20-11-10-19(30-20)14-6-2-5-9-18(14)26(28)29/h2-11,17H,12-13H2,1H3,(H,23,24)(H,25,27)/t17-/m0/s1. The molecule has 9 heteroatoms. The third-order valence-corrected chi connectivity index (χ3v) is 5.49. The number of hydrogen-bond acceptors (Lipinski definition) is 6. The van der Waals surface area contributed by atoms with Gasteiger partial charge in [0.25, 0.3) is 11.6 Å². The second-order valence-electron chi connectivity index (χ2n) is 6.88. The van der Waals surface area contributed by atoms with Gasteiger partial charge in [-0.2, -0.15) is 11.8 Å². The summed E-state index contributed by atoms with van der Waals surface area (Å²) in [6.45, 7) is 0. The van der Waals surface area contributed by atoms with E-state index in [1.165, 1.54) is 12.1 Å². The van der Waals surface area contributed by atoms with Crippen LogP contribution in [0, 0.1) is 10.1 Å². The zero-order valence-corrected chi connectivity index (χ0v) is 17.5. The molecule has 0 aliphatic carbocycles. The highest BCUT2D eigenvalue weighted by Crippen LogP contribution is 2.31. The predicted molar refractivity (Wildman–Crippen MR) is 120 cm³/mol. The number of H-pyrrole nitrogens is 1. The molecule has 0 spiro atoms. The second-order valence-corrected chi connectivity index (χ2v) is 7.87. The summed E-state index contributed by atoms with van der Waals surface area (Å²) in [6.07, 6.45) is 2.69. The molecular formula is C22H20N4O4S. The number of nitro benzene ring substituents is 1. The summed E-state index contributed by atoms with van der Waals surface area (Å²) in [5.74, 6) is 1.45. The smallest absolute Gasteiger partial charge is 0.287 e. The molecule has 4 rings (SSSR count). The lowest BCUT2D eigenvalue weighted by Gasteiger charge is -2.15. The van der Waals surface area contributed by atoms with Crippen LogP contribution in [0.1, 0.15) is 28.8 Å². The van der Waals surface area contributed by atoms with E-state index in [-0.39, 0.29) is 23.2 Å². The van der Waals surface area contributed by atoms with Crippen LogP contribution in [0.3, 0.4) is 0 Å². The number of aromatic nitrogens is 2. The topological polar surface area (TPSA) is 114 Å². The minimum Gasteiger partial charge on any atom is -0.451 e. The van der Waals surface area contributed by atoms with Crippen molar-refractivity contribution in [3.63, 3.8) is 0 Å². The van der Waals surface area contributed by atoms with Crippen molar-refractivity contribution in [2.75, 3.05) is 12.0 Å². The number of nitro groups is 1. The number of furan rings is 1. The van der Waals surface area contributed by atoms with E-state index < -0.39 is 10.8 Å². The molecule has 0 radical (unpaired) electrons. The number of imidazole rings is 1. The van der Waals surface area contributed by atoms with Gasteiger partial charge in [0, 0.05) is 6.07 Å². The molecule has 158 valence electrons. The lowest BCUT2D eigenvalue weighted by atomic mass is 10.1. The van der Waals surface area contributed by atoms with Gasteiger partial charge >= 0.3 is 0 Å². The molecule has 0 saturated heterocycles. The largest absolute Gasteiger partial charge is 0.451 e. The number of para-hydroxylation sites is 3. The Morgan fingerprint density at radius 3 is 2.74 bits per heavy atom.